The van der Waals surface area contributed by atoms with Gasteiger partial charge in [-0.05, 0) is 19.9 Å². The van der Waals surface area contributed by atoms with E-state index in [1.807, 2.05) is 16.8 Å². The maximum Gasteiger partial charge on any atom is 0.406 e. The lowest BCUT2D eigenvalue weighted by atomic mass is 9.92. The van der Waals surface area contributed by atoms with Crippen LogP contribution < -0.4 is 10.2 Å². The Morgan fingerprint density at radius 3 is 2.82 bits per heavy atom. The van der Waals surface area contributed by atoms with Crippen LogP contribution in [-0.4, -0.2) is 91.0 Å². The minimum atomic E-state index is -4.36. The van der Waals surface area contributed by atoms with Gasteiger partial charge in [-0.15, -0.1) is 0 Å². The minimum absolute atomic E-state index is 0.124. The Morgan fingerprint density at radius 2 is 2.06 bits per heavy atom. The van der Waals surface area contributed by atoms with Gasteiger partial charge in [-0.3, -0.25) is 4.98 Å². The van der Waals surface area contributed by atoms with Gasteiger partial charge < -0.3 is 24.8 Å². The molecule has 178 valence electrons. The number of alkyl halides is 3. The third kappa shape index (κ3) is 5.85. The van der Waals surface area contributed by atoms with Crippen molar-refractivity contribution in [2.75, 3.05) is 50.0 Å². The quantitative estimate of drug-likeness (QED) is 0.512. The molecule has 0 spiro atoms. The zero-order valence-electron chi connectivity index (χ0n) is 18.2. The molecule has 1 saturated heterocycles. The second kappa shape index (κ2) is 9.43. The summed E-state index contributed by atoms with van der Waals surface area (Å²) in [4.78, 5) is 24.6. The van der Waals surface area contributed by atoms with E-state index in [-0.39, 0.29) is 11.2 Å². The Morgan fingerprint density at radius 1 is 1.21 bits per heavy atom. The molecule has 4 heterocycles. The summed E-state index contributed by atoms with van der Waals surface area (Å²) < 4.78 is 39.2. The van der Waals surface area contributed by atoms with Crippen molar-refractivity contribution in [2.24, 2.45) is 0 Å². The van der Waals surface area contributed by atoms with E-state index in [9.17, 15) is 18.3 Å². The van der Waals surface area contributed by atoms with Crippen molar-refractivity contribution in [1.29, 1.82) is 0 Å². The molecule has 3 aromatic rings. The number of likely N-dealkylation sites (N-methyl/N-ethyl adjacent to an activating group) is 1. The van der Waals surface area contributed by atoms with E-state index in [2.05, 4.69) is 30.2 Å². The van der Waals surface area contributed by atoms with Crippen LogP contribution in [-0.2, 0) is 6.54 Å². The molecule has 1 unspecified atom stereocenters. The van der Waals surface area contributed by atoms with Gasteiger partial charge in [-0.25, -0.2) is 19.9 Å². The topological polar surface area (TPSA) is 108 Å². The first kappa shape index (κ1) is 23.1. The Hall–Kier alpha value is -3.06. The minimum Gasteiger partial charge on any atom is -0.387 e. The summed E-state index contributed by atoms with van der Waals surface area (Å²) in [6, 6.07) is 0. The lowest BCUT2D eigenvalue weighted by Crippen LogP contribution is -2.54. The number of piperidine rings is 1. The molecule has 0 aromatic carbocycles. The van der Waals surface area contributed by atoms with E-state index in [4.69, 9.17) is 0 Å². The largest absolute Gasteiger partial charge is 0.406 e. The van der Waals surface area contributed by atoms with E-state index in [0.29, 0.717) is 38.4 Å². The second-order valence-corrected chi connectivity index (χ2v) is 8.36. The van der Waals surface area contributed by atoms with Crippen LogP contribution in [0.4, 0.5) is 24.8 Å². The first-order valence-corrected chi connectivity index (χ1v) is 10.6. The van der Waals surface area contributed by atoms with Gasteiger partial charge in [0.1, 0.15) is 24.2 Å². The maximum atomic E-state index is 12.7. The Labute approximate surface area is 188 Å². The highest BCUT2D eigenvalue weighted by molar-refractivity contribution is 5.82. The van der Waals surface area contributed by atoms with Crippen molar-refractivity contribution in [3.8, 4) is 0 Å². The number of fused-ring (bicyclic) bond motifs is 1. The number of rotatable bonds is 8. The standard InChI is InChI=1S/C20H26F3N9O/c1-30(10-19(33)3-2-7-31(11-19)15-9-24-4-5-25-15)8-6-26-17-16-18(28-13-27-17)32(14-29-16)12-20(21,22)23/h4-5,9,13-14,33H,2-3,6-8,10-12H2,1H3,(H,26,27,28). The number of aromatic nitrogens is 6. The number of β-amino-alcohol motifs (C(OH)–C–C–N with tert-alkyl or cyclic N) is 1. The van der Waals surface area contributed by atoms with Gasteiger partial charge >= 0.3 is 6.18 Å². The molecule has 1 aliphatic heterocycles. The Kier molecular flexibility index (Phi) is 6.61. The van der Waals surface area contributed by atoms with Gasteiger partial charge in [-0.1, -0.05) is 0 Å². The summed E-state index contributed by atoms with van der Waals surface area (Å²) in [6.45, 7) is 1.64. The summed E-state index contributed by atoms with van der Waals surface area (Å²) in [7, 11) is 1.91. The molecular weight excluding hydrogens is 439 g/mol. The molecule has 4 rings (SSSR count). The first-order chi connectivity index (χ1) is 15.7. The smallest absolute Gasteiger partial charge is 0.387 e. The normalized spacial score (nSPS) is 19.4. The number of hydrogen-bond donors (Lipinski definition) is 2. The number of halogens is 3. The fraction of sp³-hybridized carbons (Fsp3) is 0.550. The molecule has 1 aliphatic rings. The number of nitrogens with zero attached hydrogens (tertiary/aromatic N) is 8. The predicted molar refractivity (Wildman–Crippen MR) is 116 cm³/mol. The van der Waals surface area contributed by atoms with E-state index < -0.39 is 18.3 Å². The van der Waals surface area contributed by atoms with Gasteiger partial charge in [0.15, 0.2) is 11.5 Å². The van der Waals surface area contributed by atoms with Gasteiger partial charge in [0, 0.05) is 45.1 Å². The van der Waals surface area contributed by atoms with Crippen LogP contribution in [0, 0.1) is 0 Å². The van der Waals surface area contributed by atoms with E-state index in [1.165, 1.54) is 6.33 Å². The Bertz CT molecular complexity index is 1060. The van der Waals surface area contributed by atoms with Gasteiger partial charge in [-0.2, -0.15) is 13.2 Å². The summed E-state index contributed by atoms with van der Waals surface area (Å²) >= 11 is 0. The molecule has 10 nitrogen and oxygen atoms in total. The Balaban J connectivity index is 1.32. The van der Waals surface area contributed by atoms with Gasteiger partial charge in [0.2, 0.25) is 0 Å². The molecule has 1 atom stereocenters. The SMILES string of the molecule is CN(CCNc1ncnc2c1ncn2CC(F)(F)F)CC1(O)CCCN(c2cnccn2)C1. The number of imidazole rings is 1. The molecule has 2 N–H and O–H groups in total. The summed E-state index contributed by atoms with van der Waals surface area (Å²) in [5.41, 5.74) is -0.475. The van der Waals surface area contributed by atoms with Crippen LogP contribution >= 0.6 is 0 Å². The molecule has 0 radical (unpaired) electrons. The summed E-state index contributed by atoms with van der Waals surface area (Å²) in [5.74, 6) is 1.12. The number of hydrogen-bond acceptors (Lipinski definition) is 9. The lowest BCUT2D eigenvalue weighted by Gasteiger charge is -2.41. The zero-order valence-corrected chi connectivity index (χ0v) is 18.2. The fourth-order valence-corrected chi connectivity index (χ4v) is 4.16. The lowest BCUT2D eigenvalue weighted by molar-refractivity contribution is -0.140. The molecule has 0 aliphatic carbocycles. The average Bonchev–Trinajstić information content (AvgIpc) is 3.16. The third-order valence-electron chi connectivity index (χ3n) is 5.53. The van der Waals surface area contributed by atoms with E-state index in [0.717, 1.165) is 29.7 Å². The van der Waals surface area contributed by atoms with Crippen LogP contribution in [0.1, 0.15) is 12.8 Å². The number of anilines is 2. The molecule has 3 aromatic heterocycles. The van der Waals surface area contributed by atoms with Crippen molar-refractivity contribution < 1.29 is 18.3 Å². The summed E-state index contributed by atoms with van der Waals surface area (Å²) in [6.07, 6.45) is 4.45. The van der Waals surface area contributed by atoms with Crippen molar-refractivity contribution in [1.82, 2.24) is 34.4 Å². The van der Waals surface area contributed by atoms with Crippen LogP contribution in [0.25, 0.3) is 11.2 Å². The zero-order chi connectivity index (χ0) is 23.5. The molecular formula is C20H26F3N9O. The van der Waals surface area contributed by atoms with Crippen LogP contribution in [0.15, 0.2) is 31.2 Å². The van der Waals surface area contributed by atoms with E-state index >= 15 is 0 Å². The van der Waals surface area contributed by atoms with Crippen molar-refractivity contribution in [3.63, 3.8) is 0 Å². The van der Waals surface area contributed by atoms with Crippen molar-refractivity contribution in [2.45, 2.75) is 31.2 Å². The fourth-order valence-electron chi connectivity index (χ4n) is 4.16. The van der Waals surface area contributed by atoms with Crippen LogP contribution in [0.5, 0.6) is 0 Å². The van der Waals surface area contributed by atoms with Crippen LogP contribution in [0.3, 0.4) is 0 Å². The van der Waals surface area contributed by atoms with E-state index in [1.54, 1.807) is 18.6 Å². The third-order valence-corrected chi connectivity index (χ3v) is 5.53. The highest BCUT2D eigenvalue weighted by atomic mass is 19.4. The first-order valence-electron chi connectivity index (χ1n) is 10.6. The number of aliphatic hydroxyl groups is 1. The highest BCUT2D eigenvalue weighted by Crippen LogP contribution is 2.25. The van der Waals surface area contributed by atoms with Gasteiger partial charge in [0.05, 0.1) is 18.1 Å². The second-order valence-electron chi connectivity index (χ2n) is 8.36. The van der Waals surface area contributed by atoms with Crippen molar-refractivity contribution >= 4 is 22.8 Å². The van der Waals surface area contributed by atoms with Gasteiger partial charge in [0.25, 0.3) is 0 Å². The number of nitrogens with one attached hydrogen (secondary N) is 1. The average molecular weight is 465 g/mol. The monoisotopic (exact) mass is 465 g/mol. The molecule has 13 heteroatoms. The molecule has 33 heavy (non-hydrogen) atoms. The molecule has 0 amide bonds. The van der Waals surface area contributed by atoms with Crippen LogP contribution in [0.2, 0.25) is 0 Å². The predicted octanol–water partition coefficient (Wildman–Crippen LogP) is 1.55. The highest BCUT2D eigenvalue weighted by Gasteiger charge is 2.35. The molecule has 0 bridgehead atoms. The molecule has 1 fully saturated rings. The molecule has 0 saturated carbocycles. The maximum absolute atomic E-state index is 12.7. The van der Waals surface area contributed by atoms with Crippen molar-refractivity contribution in [3.05, 3.63) is 31.2 Å². The summed E-state index contributed by atoms with van der Waals surface area (Å²) in [5, 5.41) is 14.3.